The molecule has 1 amide bonds. The predicted molar refractivity (Wildman–Crippen MR) is 86.2 cm³/mol. The molecular weight excluding hydrogens is 290 g/mol. The van der Waals surface area contributed by atoms with Crippen molar-refractivity contribution in [3.8, 4) is 0 Å². The first kappa shape index (κ1) is 14.5. The number of ether oxygens (including phenoxy) is 1. The maximum absolute atomic E-state index is 12.8. The first-order chi connectivity index (χ1) is 11.3. The summed E-state index contributed by atoms with van der Waals surface area (Å²) in [6.45, 7) is 2.01. The Bertz CT molecular complexity index is 683. The maximum Gasteiger partial charge on any atom is 0.257 e. The summed E-state index contributed by atoms with van der Waals surface area (Å²) in [7, 11) is 0. The highest BCUT2D eigenvalue weighted by molar-refractivity contribution is 5.94. The van der Waals surface area contributed by atoms with Gasteiger partial charge in [-0.1, -0.05) is 30.3 Å². The fraction of sp³-hybridized carbons (Fsp3) is 0.444. The van der Waals surface area contributed by atoms with Crippen LogP contribution in [0.25, 0.3) is 0 Å². The van der Waals surface area contributed by atoms with Gasteiger partial charge in [0, 0.05) is 12.7 Å². The lowest BCUT2D eigenvalue weighted by molar-refractivity contribution is -0.0445. The van der Waals surface area contributed by atoms with Crippen molar-refractivity contribution in [1.29, 1.82) is 0 Å². The van der Waals surface area contributed by atoms with Crippen LogP contribution in [0.5, 0.6) is 0 Å². The van der Waals surface area contributed by atoms with Crippen LogP contribution in [0, 0.1) is 0 Å². The summed E-state index contributed by atoms with van der Waals surface area (Å²) in [4.78, 5) is 14.8. The fourth-order valence-corrected chi connectivity index (χ4v) is 3.67. The highest BCUT2D eigenvalue weighted by Gasteiger charge is 2.38. The molecule has 5 nitrogen and oxygen atoms in total. The minimum absolute atomic E-state index is 0.0875. The Kier molecular flexibility index (Phi) is 3.87. The number of carbonyl (C=O) groups is 1. The molecule has 0 bridgehead atoms. The first-order valence-corrected chi connectivity index (χ1v) is 8.30. The van der Waals surface area contributed by atoms with Crippen molar-refractivity contribution in [3.63, 3.8) is 0 Å². The third-order valence-corrected chi connectivity index (χ3v) is 4.81. The second-order valence-corrected chi connectivity index (χ2v) is 6.32. The van der Waals surface area contributed by atoms with Crippen LogP contribution in [0.1, 0.15) is 35.2 Å². The first-order valence-electron chi connectivity index (χ1n) is 8.30. The van der Waals surface area contributed by atoms with Gasteiger partial charge in [0.15, 0.2) is 0 Å². The molecule has 120 valence electrons. The van der Waals surface area contributed by atoms with E-state index in [1.807, 2.05) is 34.0 Å². The quantitative estimate of drug-likeness (QED) is 0.874. The third-order valence-electron chi connectivity index (χ3n) is 4.81. The molecule has 0 N–H and O–H groups in total. The van der Waals surface area contributed by atoms with Gasteiger partial charge in [0.05, 0.1) is 37.1 Å². The monoisotopic (exact) mass is 311 g/mol. The number of fused-ring (bicyclic) bond motifs is 1. The molecule has 2 fully saturated rings. The van der Waals surface area contributed by atoms with Crippen LogP contribution < -0.4 is 0 Å². The largest absolute Gasteiger partial charge is 0.374 e. The summed E-state index contributed by atoms with van der Waals surface area (Å²) < 4.78 is 7.62. The van der Waals surface area contributed by atoms with Crippen molar-refractivity contribution in [2.45, 2.75) is 38.0 Å². The van der Waals surface area contributed by atoms with Gasteiger partial charge in [-0.2, -0.15) is 5.10 Å². The van der Waals surface area contributed by atoms with Crippen LogP contribution in [0.3, 0.4) is 0 Å². The molecule has 23 heavy (non-hydrogen) atoms. The molecule has 0 radical (unpaired) electrons. The van der Waals surface area contributed by atoms with Crippen LogP contribution in [0.2, 0.25) is 0 Å². The zero-order valence-electron chi connectivity index (χ0n) is 13.1. The minimum Gasteiger partial charge on any atom is -0.374 e. The van der Waals surface area contributed by atoms with Crippen molar-refractivity contribution in [3.05, 3.63) is 53.9 Å². The number of amides is 1. The molecule has 1 saturated heterocycles. The Morgan fingerprint density at radius 3 is 3.00 bits per heavy atom. The van der Waals surface area contributed by atoms with Crippen molar-refractivity contribution in [2.75, 3.05) is 13.2 Å². The van der Waals surface area contributed by atoms with E-state index in [0.717, 1.165) is 19.3 Å². The van der Waals surface area contributed by atoms with Gasteiger partial charge in [-0.05, 0) is 24.8 Å². The smallest absolute Gasteiger partial charge is 0.257 e. The van der Waals surface area contributed by atoms with Gasteiger partial charge in [0.25, 0.3) is 5.91 Å². The van der Waals surface area contributed by atoms with Crippen LogP contribution in [0.4, 0.5) is 0 Å². The number of hydrogen-bond donors (Lipinski definition) is 0. The predicted octanol–water partition coefficient (Wildman–Crippen LogP) is 2.32. The van der Waals surface area contributed by atoms with E-state index in [1.165, 1.54) is 5.56 Å². The second-order valence-electron chi connectivity index (χ2n) is 6.32. The molecule has 0 unspecified atom stereocenters. The Balaban J connectivity index is 1.48. The molecule has 0 spiro atoms. The van der Waals surface area contributed by atoms with E-state index in [9.17, 15) is 4.79 Å². The lowest BCUT2D eigenvalue weighted by Crippen LogP contribution is -2.51. The molecule has 5 heteroatoms. The molecule has 2 heterocycles. The van der Waals surface area contributed by atoms with E-state index >= 15 is 0 Å². The van der Waals surface area contributed by atoms with E-state index in [-0.39, 0.29) is 18.1 Å². The Morgan fingerprint density at radius 1 is 1.26 bits per heavy atom. The number of rotatable bonds is 3. The number of aromatic nitrogens is 2. The molecular formula is C18H21N3O2. The fourth-order valence-electron chi connectivity index (χ4n) is 3.67. The molecule has 1 aliphatic heterocycles. The number of carbonyl (C=O) groups excluding carboxylic acids is 1. The Labute approximate surface area is 135 Å². The summed E-state index contributed by atoms with van der Waals surface area (Å²) in [5.74, 6) is 0.0875. The van der Waals surface area contributed by atoms with Gasteiger partial charge in [-0.3, -0.25) is 9.48 Å². The molecule has 2 atom stereocenters. The van der Waals surface area contributed by atoms with E-state index < -0.39 is 0 Å². The summed E-state index contributed by atoms with van der Waals surface area (Å²) in [5.41, 5.74) is 1.85. The lowest BCUT2D eigenvalue weighted by Gasteiger charge is -2.37. The van der Waals surface area contributed by atoms with Crippen LogP contribution >= 0.6 is 0 Å². The van der Waals surface area contributed by atoms with Gasteiger partial charge in [-0.15, -0.1) is 0 Å². The zero-order valence-corrected chi connectivity index (χ0v) is 13.1. The van der Waals surface area contributed by atoms with Crippen molar-refractivity contribution in [1.82, 2.24) is 14.7 Å². The summed E-state index contributed by atoms with van der Waals surface area (Å²) in [6, 6.07) is 10.4. The lowest BCUT2D eigenvalue weighted by atomic mass is 10.1. The van der Waals surface area contributed by atoms with E-state index in [4.69, 9.17) is 4.74 Å². The topological polar surface area (TPSA) is 47.4 Å². The molecule has 4 rings (SSSR count). The standard InChI is InChI=1S/C18H21N3O2/c22-18(21-9-10-23-17-8-4-7-16(17)21)15-11-19-20(13-15)12-14-5-2-1-3-6-14/h1-3,5-6,11,13,16-17H,4,7-10,12H2/t16-,17-/m1/s1. The minimum atomic E-state index is 0.0875. The average molecular weight is 311 g/mol. The van der Waals surface area contributed by atoms with Gasteiger partial charge in [0.1, 0.15) is 0 Å². The summed E-state index contributed by atoms with van der Waals surface area (Å²) in [5, 5.41) is 4.35. The van der Waals surface area contributed by atoms with Crippen LogP contribution in [-0.2, 0) is 11.3 Å². The van der Waals surface area contributed by atoms with E-state index in [1.54, 1.807) is 6.20 Å². The maximum atomic E-state index is 12.8. The van der Waals surface area contributed by atoms with Gasteiger partial charge in [0.2, 0.25) is 0 Å². The van der Waals surface area contributed by atoms with E-state index in [2.05, 4.69) is 17.2 Å². The highest BCUT2D eigenvalue weighted by atomic mass is 16.5. The normalized spacial score (nSPS) is 23.7. The SMILES string of the molecule is O=C(c1cnn(Cc2ccccc2)c1)N1CCO[C@@H]2CCC[C@H]21. The third kappa shape index (κ3) is 2.88. The Morgan fingerprint density at radius 2 is 2.13 bits per heavy atom. The number of hydrogen-bond acceptors (Lipinski definition) is 3. The average Bonchev–Trinajstić information content (AvgIpc) is 3.24. The van der Waals surface area contributed by atoms with Gasteiger partial charge >= 0.3 is 0 Å². The second kappa shape index (κ2) is 6.16. The zero-order chi connectivity index (χ0) is 15.6. The molecule has 2 aromatic rings. The molecule has 2 aliphatic rings. The van der Waals surface area contributed by atoms with E-state index in [0.29, 0.717) is 25.3 Å². The number of benzene rings is 1. The van der Waals surface area contributed by atoms with Crippen molar-refractivity contribution >= 4 is 5.91 Å². The van der Waals surface area contributed by atoms with Crippen molar-refractivity contribution in [2.24, 2.45) is 0 Å². The van der Waals surface area contributed by atoms with Gasteiger partial charge in [-0.25, -0.2) is 0 Å². The molecule has 1 saturated carbocycles. The molecule has 1 aromatic heterocycles. The Hall–Kier alpha value is -2.14. The van der Waals surface area contributed by atoms with Crippen molar-refractivity contribution < 1.29 is 9.53 Å². The number of morpholine rings is 1. The summed E-state index contributed by atoms with van der Waals surface area (Å²) >= 11 is 0. The van der Waals surface area contributed by atoms with Gasteiger partial charge < -0.3 is 9.64 Å². The number of nitrogens with zero attached hydrogens (tertiary/aromatic N) is 3. The summed E-state index contributed by atoms with van der Waals surface area (Å²) in [6.07, 6.45) is 7.04. The highest BCUT2D eigenvalue weighted by Crippen LogP contribution is 2.30. The molecule has 1 aliphatic carbocycles. The van der Waals surface area contributed by atoms with Crippen LogP contribution in [0.15, 0.2) is 42.7 Å². The van der Waals surface area contributed by atoms with Crippen LogP contribution in [-0.4, -0.2) is 45.9 Å². The molecule has 1 aromatic carbocycles.